The lowest BCUT2D eigenvalue weighted by atomic mass is 10.4. The molecule has 0 radical (unpaired) electrons. The molecule has 76 valence electrons. The Kier molecular flexibility index (Phi) is 2.33. The van der Waals surface area contributed by atoms with E-state index in [-0.39, 0.29) is 0 Å². The molecule has 14 heavy (non-hydrogen) atoms. The molecule has 2 heterocycles. The second-order valence-corrected chi connectivity index (χ2v) is 4.46. The van der Waals surface area contributed by atoms with Gasteiger partial charge in [0.2, 0.25) is 0 Å². The van der Waals surface area contributed by atoms with Crippen molar-refractivity contribution in [3.8, 4) is 0 Å². The van der Waals surface area contributed by atoms with Crippen LogP contribution in [0.3, 0.4) is 0 Å². The average Bonchev–Trinajstić information content (AvgIpc) is 2.70. The number of hydrogen-bond donors (Lipinski definition) is 2. The fourth-order valence-electron chi connectivity index (χ4n) is 1.68. The molecule has 0 atom stereocenters. The zero-order chi connectivity index (χ0) is 10.1. The van der Waals surface area contributed by atoms with Crippen molar-refractivity contribution in [2.45, 2.75) is 12.8 Å². The van der Waals surface area contributed by atoms with Crippen LogP contribution >= 0.6 is 11.3 Å². The first-order chi connectivity index (χ1) is 6.68. The molecule has 1 aliphatic rings. The van der Waals surface area contributed by atoms with E-state index in [1.165, 1.54) is 24.2 Å². The van der Waals surface area contributed by atoms with E-state index in [1.54, 1.807) is 0 Å². The van der Waals surface area contributed by atoms with Crippen molar-refractivity contribution in [2.24, 2.45) is 5.73 Å². The van der Waals surface area contributed by atoms with Gasteiger partial charge in [-0.15, -0.1) is 11.3 Å². The summed E-state index contributed by atoms with van der Waals surface area (Å²) in [5.41, 5.74) is 11.4. The van der Waals surface area contributed by atoms with E-state index >= 15 is 0 Å². The third-order valence-corrected chi connectivity index (χ3v) is 3.62. The second-order valence-electron chi connectivity index (χ2n) is 3.43. The Bertz CT molecular complexity index is 355. The molecule has 0 spiro atoms. The largest absolute Gasteiger partial charge is 0.397 e. The summed E-state index contributed by atoms with van der Waals surface area (Å²) in [6.07, 6.45) is 2.42. The molecule has 0 unspecified atom stereocenters. The highest BCUT2D eigenvalue weighted by molar-refractivity contribution is 7.18. The van der Waals surface area contributed by atoms with Gasteiger partial charge in [-0.2, -0.15) is 0 Å². The zero-order valence-corrected chi connectivity index (χ0v) is 8.64. The lowest BCUT2D eigenvalue weighted by Crippen LogP contribution is -2.15. The van der Waals surface area contributed by atoms with Crippen molar-refractivity contribution in [1.82, 2.24) is 0 Å². The maximum Gasteiger partial charge on any atom is 0.260 e. The summed E-state index contributed by atoms with van der Waals surface area (Å²) in [5.74, 6) is -0.432. The van der Waals surface area contributed by atoms with Gasteiger partial charge in [0.15, 0.2) is 0 Å². The Labute approximate surface area is 86.5 Å². The normalized spacial score (nSPS) is 16.1. The Hall–Kier alpha value is -1.23. The van der Waals surface area contributed by atoms with Crippen LogP contribution in [-0.4, -0.2) is 19.0 Å². The molecule has 1 aliphatic heterocycles. The molecule has 2 rings (SSSR count). The van der Waals surface area contributed by atoms with E-state index in [2.05, 4.69) is 4.90 Å². The van der Waals surface area contributed by atoms with Crippen LogP contribution in [0.1, 0.15) is 22.5 Å². The molecule has 4 nitrogen and oxygen atoms in total. The van der Waals surface area contributed by atoms with E-state index in [0.717, 1.165) is 18.1 Å². The zero-order valence-electron chi connectivity index (χ0n) is 7.82. The van der Waals surface area contributed by atoms with Gasteiger partial charge in [0.25, 0.3) is 5.91 Å². The van der Waals surface area contributed by atoms with Crippen LogP contribution in [-0.2, 0) is 0 Å². The first-order valence-electron chi connectivity index (χ1n) is 4.62. The van der Waals surface area contributed by atoms with Crippen LogP contribution in [0.25, 0.3) is 0 Å². The van der Waals surface area contributed by atoms with Crippen molar-refractivity contribution in [3.05, 3.63) is 10.9 Å². The number of thiophene rings is 1. The van der Waals surface area contributed by atoms with Crippen LogP contribution in [0.4, 0.5) is 10.7 Å². The number of nitrogens with zero attached hydrogens (tertiary/aromatic N) is 1. The third kappa shape index (κ3) is 1.55. The Morgan fingerprint density at radius 2 is 2.07 bits per heavy atom. The molecule has 1 aromatic rings. The van der Waals surface area contributed by atoms with Crippen molar-refractivity contribution in [3.63, 3.8) is 0 Å². The van der Waals surface area contributed by atoms with Gasteiger partial charge in [-0.25, -0.2) is 0 Å². The summed E-state index contributed by atoms with van der Waals surface area (Å²) >= 11 is 1.39. The molecular weight excluding hydrogens is 198 g/mol. The number of carbonyl (C=O) groups is 1. The van der Waals surface area contributed by atoms with Crippen LogP contribution in [0.2, 0.25) is 0 Å². The maximum atomic E-state index is 11.0. The first-order valence-corrected chi connectivity index (χ1v) is 5.44. The summed E-state index contributed by atoms with van der Waals surface area (Å²) in [7, 11) is 0. The smallest absolute Gasteiger partial charge is 0.260 e. The van der Waals surface area contributed by atoms with Crippen LogP contribution in [0.15, 0.2) is 6.07 Å². The van der Waals surface area contributed by atoms with Crippen LogP contribution in [0.5, 0.6) is 0 Å². The van der Waals surface area contributed by atoms with Crippen molar-refractivity contribution < 1.29 is 4.79 Å². The summed E-state index contributed by atoms with van der Waals surface area (Å²) in [6.45, 7) is 2.11. The maximum absolute atomic E-state index is 11.0. The molecule has 0 aliphatic carbocycles. The lowest BCUT2D eigenvalue weighted by Gasteiger charge is -2.13. The standard InChI is InChI=1S/C9H13N3OS/c10-6-5-7(12-3-1-2-4-12)14-8(6)9(11)13/h5H,1-4,10H2,(H2,11,13). The van der Waals surface area contributed by atoms with Crippen LogP contribution in [0, 0.1) is 0 Å². The van der Waals surface area contributed by atoms with E-state index < -0.39 is 5.91 Å². The number of carbonyl (C=O) groups excluding carboxylic acids is 1. The predicted molar refractivity (Wildman–Crippen MR) is 58.7 cm³/mol. The lowest BCUT2D eigenvalue weighted by molar-refractivity contribution is 0.100. The van der Waals surface area contributed by atoms with Gasteiger partial charge in [-0.05, 0) is 18.9 Å². The summed E-state index contributed by atoms with van der Waals surface area (Å²) in [6, 6.07) is 1.84. The molecular formula is C9H13N3OS. The molecule has 5 heteroatoms. The van der Waals surface area contributed by atoms with Gasteiger partial charge in [-0.1, -0.05) is 0 Å². The third-order valence-electron chi connectivity index (χ3n) is 2.39. The van der Waals surface area contributed by atoms with Crippen molar-refractivity contribution in [1.29, 1.82) is 0 Å². The Morgan fingerprint density at radius 1 is 1.43 bits per heavy atom. The minimum absolute atomic E-state index is 0.432. The van der Waals surface area contributed by atoms with Gasteiger partial charge < -0.3 is 16.4 Å². The SMILES string of the molecule is NC(=O)c1sc(N2CCCC2)cc1N. The number of anilines is 2. The van der Waals surface area contributed by atoms with E-state index in [9.17, 15) is 4.79 Å². The molecule has 1 aromatic heterocycles. The molecule has 1 saturated heterocycles. The van der Waals surface area contributed by atoms with Crippen molar-refractivity contribution >= 4 is 27.9 Å². The first kappa shape index (κ1) is 9.33. The molecule has 0 aromatic carbocycles. The average molecular weight is 211 g/mol. The Morgan fingerprint density at radius 3 is 2.57 bits per heavy atom. The van der Waals surface area contributed by atoms with E-state index in [1.807, 2.05) is 6.07 Å². The van der Waals surface area contributed by atoms with Crippen LogP contribution < -0.4 is 16.4 Å². The molecule has 1 amide bonds. The fourth-order valence-corrected chi connectivity index (χ4v) is 2.66. The number of nitrogen functional groups attached to an aromatic ring is 1. The van der Waals surface area contributed by atoms with Gasteiger partial charge >= 0.3 is 0 Å². The molecule has 0 bridgehead atoms. The Balaban J connectivity index is 2.27. The fraction of sp³-hybridized carbons (Fsp3) is 0.444. The minimum atomic E-state index is -0.432. The highest BCUT2D eigenvalue weighted by Gasteiger charge is 2.18. The number of hydrogen-bond acceptors (Lipinski definition) is 4. The number of amides is 1. The number of rotatable bonds is 2. The molecule has 0 saturated carbocycles. The summed E-state index contributed by atoms with van der Waals surface area (Å²) < 4.78 is 0. The highest BCUT2D eigenvalue weighted by atomic mass is 32.1. The van der Waals surface area contributed by atoms with E-state index in [0.29, 0.717) is 10.6 Å². The topological polar surface area (TPSA) is 72.4 Å². The predicted octanol–water partition coefficient (Wildman–Crippen LogP) is 1.03. The van der Waals surface area contributed by atoms with E-state index in [4.69, 9.17) is 11.5 Å². The van der Waals surface area contributed by atoms with Gasteiger partial charge in [-0.3, -0.25) is 4.79 Å². The second kappa shape index (κ2) is 3.49. The van der Waals surface area contributed by atoms with Gasteiger partial charge in [0.05, 0.1) is 10.7 Å². The quantitative estimate of drug-likeness (QED) is 0.767. The highest BCUT2D eigenvalue weighted by Crippen LogP contribution is 2.33. The van der Waals surface area contributed by atoms with Gasteiger partial charge in [0.1, 0.15) is 4.88 Å². The minimum Gasteiger partial charge on any atom is -0.397 e. The van der Waals surface area contributed by atoms with Gasteiger partial charge in [0, 0.05) is 13.1 Å². The molecule has 4 N–H and O–H groups in total. The monoisotopic (exact) mass is 211 g/mol. The van der Waals surface area contributed by atoms with Crippen molar-refractivity contribution in [2.75, 3.05) is 23.7 Å². The summed E-state index contributed by atoms with van der Waals surface area (Å²) in [4.78, 5) is 13.7. The molecule has 1 fully saturated rings. The number of primary amides is 1. The summed E-state index contributed by atoms with van der Waals surface area (Å²) in [5, 5.41) is 1.06. The number of nitrogens with two attached hydrogens (primary N) is 2.